The Morgan fingerprint density at radius 1 is 1.17 bits per heavy atom. The third kappa shape index (κ3) is 3.25. The Labute approximate surface area is 78.1 Å². The van der Waals surface area contributed by atoms with Gasteiger partial charge in [0.25, 0.3) is 0 Å². The SMILES string of the molecule is CCC([SiH](OC)OC)C(C)(C)C. The van der Waals surface area contributed by atoms with Gasteiger partial charge in [-0.1, -0.05) is 34.1 Å². The van der Waals surface area contributed by atoms with E-state index >= 15 is 0 Å². The van der Waals surface area contributed by atoms with Gasteiger partial charge in [-0.3, -0.25) is 0 Å². The molecule has 0 aliphatic rings. The molecule has 3 heteroatoms. The number of hydrogen-bond donors (Lipinski definition) is 0. The average Bonchev–Trinajstić information content (AvgIpc) is 1.97. The summed E-state index contributed by atoms with van der Waals surface area (Å²) < 4.78 is 10.8. The summed E-state index contributed by atoms with van der Waals surface area (Å²) in [5.41, 5.74) is 0.894. The van der Waals surface area contributed by atoms with E-state index in [1.165, 1.54) is 0 Å². The van der Waals surface area contributed by atoms with Crippen LogP contribution < -0.4 is 0 Å². The largest absolute Gasteiger partial charge is 0.400 e. The van der Waals surface area contributed by atoms with Crippen molar-refractivity contribution >= 4 is 9.28 Å². The molecule has 0 aromatic heterocycles. The van der Waals surface area contributed by atoms with Crippen LogP contribution in [-0.4, -0.2) is 23.5 Å². The number of hydrogen-bond acceptors (Lipinski definition) is 2. The van der Waals surface area contributed by atoms with Gasteiger partial charge in [0, 0.05) is 19.8 Å². The van der Waals surface area contributed by atoms with E-state index in [1.807, 2.05) is 0 Å². The summed E-state index contributed by atoms with van der Waals surface area (Å²) in [5, 5.41) is 0. The molecule has 0 N–H and O–H groups in total. The Morgan fingerprint density at radius 3 is 1.67 bits per heavy atom. The molecule has 12 heavy (non-hydrogen) atoms. The van der Waals surface area contributed by atoms with E-state index < -0.39 is 9.28 Å². The van der Waals surface area contributed by atoms with Gasteiger partial charge in [-0.25, -0.2) is 0 Å². The van der Waals surface area contributed by atoms with Gasteiger partial charge in [-0.15, -0.1) is 0 Å². The molecule has 0 aliphatic carbocycles. The highest BCUT2D eigenvalue weighted by molar-refractivity contribution is 6.46. The van der Waals surface area contributed by atoms with Gasteiger partial charge in [-0.05, 0) is 5.41 Å². The second-order valence-corrected chi connectivity index (χ2v) is 6.70. The van der Waals surface area contributed by atoms with Crippen LogP contribution >= 0.6 is 0 Å². The minimum Gasteiger partial charge on any atom is -0.400 e. The second kappa shape index (κ2) is 4.99. The third-order valence-corrected chi connectivity index (χ3v) is 5.40. The maximum Gasteiger partial charge on any atom is 0.324 e. The summed E-state index contributed by atoms with van der Waals surface area (Å²) in [7, 11) is 2.09. The van der Waals surface area contributed by atoms with Crippen molar-refractivity contribution in [2.24, 2.45) is 5.41 Å². The van der Waals surface area contributed by atoms with Crippen LogP contribution in [0.25, 0.3) is 0 Å². The van der Waals surface area contributed by atoms with Crippen LogP contribution in [0.15, 0.2) is 0 Å². The van der Waals surface area contributed by atoms with Crippen LogP contribution in [0.5, 0.6) is 0 Å². The van der Waals surface area contributed by atoms with Gasteiger partial charge in [0.2, 0.25) is 0 Å². The lowest BCUT2D eigenvalue weighted by molar-refractivity contribution is 0.225. The smallest absolute Gasteiger partial charge is 0.324 e. The first kappa shape index (κ1) is 12.1. The minimum atomic E-state index is -1.43. The molecule has 0 aromatic carbocycles. The van der Waals surface area contributed by atoms with E-state index in [-0.39, 0.29) is 0 Å². The van der Waals surface area contributed by atoms with Gasteiger partial charge in [0.1, 0.15) is 0 Å². The van der Waals surface area contributed by atoms with Gasteiger partial charge >= 0.3 is 9.28 Å². The molecule has 0 saturated carbocycles. The Kier molecular flexibility index (Phi) is 5.05. The van der Waals surface area contributed by atoms with Crippen molar-refractivity contribution in [2.75, 3.05) is 14.2 Å². The molecule has 1 atom stereocenters. The first-order valence-electron chi connectivity index (χ1n) is 4.53. The lowest BCUT2D eigenvalue weighted by Crippen LogP contribution is -2.34. The predicted octanol–water partition coefficient (Wildman–Crippen LogP) is 2.33. The monoisotopic (exact) mass is 190 g/mol. The van der Waals surface area contributed by atoms with Crippen LogP contribution in [-0.2, 0) is 8.85 Å². The molecule has 0 rings (SSSR count). The van der Waals surface area contributed by atoms with E-state index in [1.54, 1.807) is 14.2 Å². The summed E-state index contributed by atoms with van der Waals surface area (Å²) in [6.07, 6.45) is 1.14. The Hall–Kier alpha value is 0.137. The highest BCUT2D eigenvalue weighted by atomic mass is 28.3. The van der Waals surface area contributed by atoms with Gasteiger partial charge in [0.05, 0.1) is 0 Å². The minimum absolute atomic E-state index is 0.303. The summed E-state index contributed by atoms with van der Waals surface area (Å²) >= 11 is 0. The van der Waals surface area contributed by atoms with Crippen LogP contribution in [0.4, 0.5) is 0 Å². The topological polar surface area (TPSA) is 18.5 Å². The molecule has 74 valence electrons. The van der Waals surface area contributed by atoms with E-state index in [4.69, 9.17) is 8.85 Å². The van der Waals surface area contributed by atoms with Gasteiger partial charge in [0.15, 0.2) is 0 Å². The van der Waals surface area contributed by atoms with Crippen molar-refractivity contribution in [3.63, 3.8) is 0 Å². The first-order chi connectivity index (χ1) is 5.47. The fraction of sp³-hybridized carbons (Fsp3) is 1.00. The molecule has 0 fully saturated rings. The van der Waals surface area contributed by atoms with Crippen LogP contribution in [0, 0.1) is 5.41 Å². The van der Waals surface area contributed by atoms with Crippen molar-refractivity contribution in [3.8, 4) is 0 Å². The fourth-order valence-corrected chi connectivity index (χ4v) is 3.69. The van der Waals surface area contributed by atoms with Crippen molar-refractivity contribution in [2.45, 2.75) is 39.7 Å². The Bertz CT molecular complexity index is 116. The van der Waals surface area contributed by atoms with Crippen molar-refractivity contribution in [1.29, 1.82) is 0 Å². The Morgan fingerprint density at radius 2 is 1.58 bits per heavy atom. The van der Waals surface area contributed by atoms with E-state index in [0.29, 0.717) is 11.0 Å². The zero-order chi connectivity index (χ0) is 9.78. The first-order valence-corrected chi connectivity index (χ1v) is 6.13. The molecule has 0 aliphatic heterocycles. The number of rotatable bonds is 4. The molecule has 0 heterocycles. The predicted molar refractivity (Wildman–Crippen MR) is 54.7 cm³/mol. The quantitative estimate of drug-likeness (QED) is 0.633. The molecule has 0 bridgehead atoms. The lowest BCUT2D eigenvalue weighted by Gasteiger charge is -2.33. The van der Waals surface area contributed by atoms with Crippen LogP contribution in [0.2, 0.25) is 5.54 Å². The highest BCUT2D eigenvalue weighted by Crippen LogP contribution is 2.36. The molecule has 0 spiro atoms. The molecule has 0 radical (unpaired) electrons. The Balaban J connectivity index is 4.31. The summed E-state index contributed by atoms with van der Waals surface area (Å²) in [6, 6.07) is 0. The molecular weight excluding hydrogens is 168 g/mol. The van der Waals surface area contributed by atoms with Gasteiger partial charge < -0.3 is 8.85 Å². The second-order valence-electron chi connectivity index (χ2n) is 4.22. The van der Waals surface area contributed by atoms with Crippen LogP contribution in [0.3, 0.4) is 0 Å². The summed E-state index contributed by atoms with van der Waals surface area (Å²) in [4.78, 5) is 0. The van der Waals surface area contributed by atoms with Crippen molar-refractivity contribution < 1.29 is 8.85 Å². The zero-order valence-corrected chi connectivity index (χ0v) is 10.3. The normalized spacial score (nSPS) is 15.2. The molecule has 0 amide bonds. The molecule has 2 nitrogen and oxygen atoms in total. The van der Waals surface area contributed by atoms with Crippen LogP contribution in [0.1, 0.15) is 34.1 Å². The van der Waals surface area contributed by atoms with Crippen molar-refractivity contribution in [1.82, 2.24) is 0 Å². The van der Waals surface area contributed by atoms with Crippen molar-refractivity contribution in [3.05, 3.63) is 0 Å². The van der Waals surface area contributed by atoms with E-state index in [2.05, 4.69) is 27.7 Å². The average molecular weight is 190 g/mol. The molecule has 0 aromatic rings. The van der Waals surface area contributed by atoms with Gasteiger partial charge in [-0.2, -0.15) is 0 Å². The van der Waals surface area contributed by atoms with E-state index in [9.17, 15) is 0 Å². The maximum atomic E-state index is 5.40. The maximum absolute atomic E-state index is 5.40. The van der Waals surface area contributed by atoms with E-state index in [0.717, 1.165) is 6.42 Å². The molecular formula is C9H22O2Si. The lowest BCUT2D eigenvalue weighted by atomic mass is 9.90. The standard InChI is InChI=1S/C9H22O2Si/c1-7-8(9(2,3)4)12(10-5)11-6/h8,12H,7H2,1-6H3. The summed E-state index contributed by atoms with van der Waals surface area (Å²) in [5.74, 6) is 0. The zero-order valence-electron chi connectivity index (χ0n) is 9.18. The fourth-order valence-electron chi connectivity index (χ4n) is 1.64. The third-order valence-electron chi connectivity index (χ3n) is 2.35. The highest BCUT2D eigenvalue weighted by Gasteiger charge is 2.33. The molecule has 1 unspecified atom stereocenters. The summed E-state index contributed by atoms with van der Waals surface area (Å²) in [6.45, 7) is 8.95. The molecule has 0 saturated heterocycles.